The second-order valence-electron chi connectivity index (χ2n) is 6.49. The van der Waals surface area contributed by atoms with E-state index in [0.717, 1.165) is 25.1 Å². The number of carboxylic acids is 1. The smallest absolute Gasteiger partial charge is 0.208 e. The first-order valence-electron chi connectivity index (χ1n) is 9.31. The number of aliphatic carboxylic acids is 1. The molecule has 136 valence electrons. The first-order valence-corrected chi connectivity index (χ1v) is 9.31. The van der Waals surface area contributed by atoms with Crippen LogP contribution in [-0.2, 0) is 4.79 Å². The Bertz CT molecular complexity index is 458. The number of nitrogens with two attached hydrogens (primary N) is 1. The number of rotatable bonds is 14. The van der Waals surface area contributed by atoms with E-state index in [9.17, 15) is 9.90 Å². The number of allylic oxidation sites excluding steroid dienone is 2. The van der Waals surface area contributed by atoms with Crippen molar-refractivity contribution in [2.75, 3.05) is 19.6 Å². The molecule has 1 heterocycles. The van der Waals surface area contributed by atoms with E-state index >= 15 is 0 Å². The highest BCUT2D eigenvalue weighted by molar-refractivity contribution is 5.81. The summed E-state index contributed by atoms with van der Waals surface area (Å²) < 4.78 is 0.212. The monoisotopic (exact) mass is 335 g/mol. The van der Waals surface area contributed by atoms with Crippen LogP contribution in [0.3, 0.4) is 0 Å². The first-order chi connectivity index (χ1) is 11.6. The van der Waals surface area contributed by atoms with Crippen LogP contribution in [0.5, 0.6) is 0 Å². The number of nitrogens with zero attached hydrogens (tertiary/aromatic N) is 2. The van der Waals surface area contributed by atoms with Gasteiger partial charge in [-0.15, -0.1) is 0 Å². The van der Waals surface area contributed by atoms with Gasteiger partial charge in [-0.25, -0.2) is 9.48 Å². The van der Waals surface area contributed by atoms with E-state index in [1.165, 1.54) is 38.5 Å². The molecule has 1 unspecified atom stereocenters. The van der Waals surface area contributed by atoms with Crippen LogP contribution in [0, 0.1) is 0 Å². The van der Waals surface area contributed by atoms with Gasteiger partial charge in [-0.05, 0) is 19.3 Å². The summed E-state index contributed by atoms with van der Waals surface area (Å²) in [5, 5.41) is 11.1. The Hall–Kier alpha value is -1.46. The lowest BCUT2D eigenvalue weighted by Crippen LogP contribution is -2.54. The van der Waals surface area contributed by atoms with Gasteiger partial charge in [-0.3, -0.25) is 0 Å². The van der Waals surface area contributed by atoms with Crippen molar-refractivity contribution >= 4 is 11.8 Å². The maximum Gasteiger partial charge on any atom is 0.208 e. The van der Waals surface area contributed by atoms with Gasteiger partial charge in [-0.2, -0.15) is 0 Å². The van der Waals surface area contributed by atoms with Crippen molar-refractivity contribution in [3.63, 3.8) is 0 Å². The third-order valence-electron chi connectivity index (χ3n) is 4.45. The van der Waals surface area contributed by atoms with Crippen LogP contribution < -0.4 is 10.8 Å². The van der Waals surface area contributed by atoms with E-state index in [1.54, 1.807) is 6.20 Å². The molecule has 1 aliphatic heterocycles. The molecule has 2 N–H and O–H groups in total. The van der Waals surface area contributed by atoms with Gasteiger partial charge >= 0.3 is 0 Å². The molecule has 1 aliphatic rings. The second-order valence-corrected chi connectivity index (χ2v) is 6.49. The summed E-state index contributed by atoms with van der Waals surface area (Å²) in [6.07, 6.45) is 18.6. The minimum absolute atomic E-state index is 0.0893. The second kappa shape index (κ2) is 12.0. The summed E-state index contributed by atoms with van der Waals surface area (Å²) in [5.41, 5.74) is 5.65. The van der Waals surface area contributed by atoms with Crippen LogP contribution in [0.2, 0.25) is 0 Å². The molecule has 0 saturated carbocycles. The van der Waals surface area contributed by atoms with Gasteiger partial charge in [0.15, 0.2) is 0 Å². The molecule has 0 fully saturated rings. The maximum absolute atomic E-state index is 11.1. The van der Waals surface area contributed by atoms with E-state index in [0.29, 0.717) is 13.1 Å². The predicted molar refractivity (Wildman–Crippen MR) is 97.0 cm³/mol. The molecule has 0 radical (unpaired) electrons. The van der Waals surface area contributed by atoms with E-state index in [4.69, 9.17) is 5.73 Å². The molecular formula is C19H33N3O2. The minimum atomic E-state index is -1.07. The molecule has 0 bridgehead atoms. The van der Waals surface area contributed by atoms with Gasteiger partial charge in [0, 0.05) is 13.0 Å². The maximum atomic E-state index is 11.1. The van der Waals surface area contributed by atoms with Gasteiger partial charge < -0.3 is 15.6 Å². The SMILES string of the molecule is CCCCCCCC/C=C/CCC1=NC=C[N+]1(CCN)CC(=O)[O-]. The van der Waals surface area contributed by atoms with Crippen molar-refractivity contribution in [3.05, 3.63) is 24.6 Å². The van der Waals surface area contributed by atoms with Crippen LogP contribution >= 0.6 is 0 Å². The van der Waals surface area contributed by atoms with E-state index < -0.39 is 5.97 Å². The van der Waals surface area contributed by atoms with Crippen molar-refractivity contribution in [1.82, 2.24) is 0 Å². The molecule has 24 heavy (non-hydrogen) atoms. The van der Waals surface area contributed by atoms with Crippen molar-refractivity contribution in [2.45, 2.75) is 64.7 Å². The number of carbonyl (C=O) groups is 1. The molecule has 5 heteroatoms. The van der Waals surface area contributed by atoms with Crippen molar-refractivity contribution in [3.8, 4) is 0 Å². The third kappa shape index (κ3) is 7.41. The zero-order valence-corrected chi connectivity index (χ0v) is 15.1. The highest BCUT2D eigenvalue weighted by Crippen LogP contribution is 2.19. The molecule has 0 aromatic carbocycles. The highest BCUT2D eigenvalue weighted by atomic mass is 16.4. The van der Waals surface area contributed by atoms with E-state index in [-0.39, 0.29) is 11.0 Å². The molecule has 0 aromatic heterocycles. The minimum Gasteiger partial charge on any atom is -0.544 e. The number of carboxylic acid groups (broad SMARTS) is 1. The normalized spacial score (nSPS) is 20.0. The van der Waals surface area contributed by atoms with Crippen LogP contribution in [0.15, 0.2) is 29.5 Å². The molecule has 0 amide bonds. The molecular weight excluding hydrogens is 302 g/mol. The van der Waals surface area contributed by atoms with E-state index in [2.05, 4.69) is 24.1 Å². The van der Waals surface area contributed by atoms with Crippen molar-refractivity contribution in [2.24, 2.45) is 10.7 Å². The summed E-state index contributed by atoms with van der Waals surface area (Å²) in [7, 11) is 0. The van der Waals surface area contributed by atoms with Gasteiger partial charge in [0.05, 0.1) is 12.2 Å². The number of amidine groups is 1. The molecule has 1 rings (SSSR count). The zero-order chi connectivity index (χ0) is 17.7. The van der Waals surface area contributed by atoms with Gasteiger partial charge in [0.1, 0.15) is 19.3 Å². The highest BCUT2D eigenvalue weighted by Gasteiger charge is 2.34. The average molecular weight is 335 g/mol. The number of carbonyl (C=O) groups excluding carboxylic acids is 1. The molecule has 5 nitrogen and oxygen atoms in total. The molecule has 0 aliphatic carbocycles. The van der Waals surface area contributed by atoms with Crippen LogP contribution in [0.4, 0.5) is 0 Å². The number of hydrogen-bond donors (Lipinski definition) is 1. The Labute approximate surface area is 146 Å². The van der Waals surface area contributed by atoms with Crippen molar-refractivity contribution in [1.29, 1.82) is 0 Å². The van der Waals surface area contributed by atoms with Gasteiger partial charge in [0.25, 0.3) is 0 Å². The standard InChI is InChI=1S/C19H33N3O2/c1-2-3-4-5-6-7-8-9-10-11-12-18-21-14-16-22(18,15-13-20)17-19(23)24/h9-10,14,16H,2-8,11-13,15,17,20H2,1H3/b10-9+. The van der Waals surface area contributed by atoms with Gasteiger partial charge in [0.2, 0.25) is 5.84 Å². The fourth-order valence-corrected chi connectivity index (χ4v) is 3.11. The Kier molecular flexibility index (Phi) is 10.3. The Morgan fingerprint density at radius 2 is 1.92 bits per heavy atom. The fraction of sp³-hybridized carbons (Fsp3) is 0.684. The first kappa shape index (κ1) is 20.6. The molecule has 0 saturated heterocycles. The third-order valence-corrected chi connectivity index (χ3v) is 4.45. The van der Waals surface area contributed by atoms with Crippen LogP contribution in [0.25, 0.3) is 0 Å². The summed E-state index contributed by atoms with van der Waals surface area (Å²) in [5.74, 6) is -0.199. The molecule has 0 aromatic rings. The number of unbranched alkanes of at least 4 members (excludes halogenated alkanes) is 6. The Morgan fingerprint density at radius 3 is 2.62 bits per heavy atom. The predicted octanol–water partition coefficient (Wildman–Crippen LogP) is 2.48. The lowest BCUT2D eigenvalue weighted by atomic mass is 10.1. The quantitative estimate of drug-likeness (QED) is 0.301. The average Bonchev–Trinajstić information content (AvgIpc) is 2.91. The van der Waals surface area contributed by atoms with Crippen LogP contribution in [-0.4, -0.2) is 35.9 Å². The lowest BCUT2D eigenvalue weighted by Gasteiger charge is -2.32. The summed E-state index contributed by atoms with van der Waals surface area (Å²) in [4.78, 5) is 15.4. The Morgan fingerprint density at radius 1 is 1.21 bits per heavy atom. The Balaban J connectivity index is 2.28. The van der Waals surface area contributed by atoms with Crippen molar-refractivity contribution < 1.29 is 14.4 Å². The van der Waals surface area contributed by atoms with Crippen LogP contribution in [0.1, 0.15) is 64.7 Å². The zero-order valence-electron chi connectivity index (χ0n) is 15.1. The molecule has 0 spiro atoms. The lowest BCUT2D eigenvalue weighted by molar-refractivity contribution is -0.780. The fourth-order valence-electron chi connectivity index (χ4n) is 3.11. The number of hydrogen-bond acceptors (Lipinski definition) is 4. The number of quaternary nitrogens is 1. The summed E-state index contributed by atoms with van der Waals surface area (Å²) in [6, 6.07) is 0. The largest absolute Gasteiger partial charge is 0.544 e. The number of aliphatic imine (C=N–C) groups is 1. The molecule has 1 atom stereocenters. The topological polar surface area (TPSA) is 78.5 Å². The summed E-state index contributed by atoms with van der Waals surface area (Å²) >= 11 is 0. The van der Waals surface area contributed by atoms with Gasteiger partial charge in [-0.1, -0.05) is 51.2 Å². The summed E-state index contributed by atoms with van der Waals surface area (Å²) in [6.45, 7) is 3.12. The van der Waals surface area contributed by atoms with E-state index in [1.807, 2.05) is 6.20 Å².